The zero-order valence-electron chi connectivity index (χ0n) is 9.40. The Morgan fingerprint density at radius 3 is 2.59 bits per heavy atom. The number of aromatic nitrogens is 2. The van der Waals surface area contributed by atoms with Crippen molar-refractivity contribution in [2.24, 2.45) is 0 Å². The first-order chi connectivity index (χ1) is 8.25. The number of aryl methyl sites for hydroxylation is 2. The maximum Gasteiger partial charge on any atom is 0.254 e. The van der Waals surface area contributed by atoms with Gasteiger partial charge in [-0.15, -0.1) is 0 Å². The molecule has 0 saturated heterocycles. The van der Waals surface area contributed by atoms with Crippen molar-refractivity contribution in [1.82, 2.24) is 9.97 Å². The Bertz CT molecular complexity index is 586. The minimum atomic E-state index is -0.0817. The summed E-state index contributed by atoms with van der Waals surface area (Å²) in [5, 5.41) is 0. The Kier molecular flexibility index (Phi) is 3.88. The molecule has 3 nitrogen and oxygen atoms in total. The quantitative estimate of drug-likeness (QED) is 0.815. The third kappa shape index (κ3) is 3.39. The van der Waals surface area contributed by atoms with Crippen molar-refractivity contribution in [1.29, 1.82) is 0 Å². The molecule has 0 amide bonds. The molecule has 0 unspecified atom stereocenters. The van der Waals surface area contributed by atoms with Crippen molar-refractivity contribution < 1.29 is 0 Å². The summed E-state index contributed by atoms with van der Waals surface area (Å²) in [6.45, 7) is 0. The Hall–Kier alpha value is -1.68. The van der Waals surface area contributed by atoms with Gasteiger partial charge in [-0.1, -0.05) is 30.3 Å². The summed E-state index contributed by atoms with van der Waals surface area (Å²) in [7, 11) is 0. The predicted octanol–water partition coefficient (Wildman–Crippen LogP) is 2.61. The Morgan fingerprint density at radius 2 is 1.88 bits per heavy atom. The molecular weight excluding hydrogens is 232 g/mol. The number of hydrogen-bond donors (Lipinski definition) is 2. The lowest BCUT2D eigenvalue weighted by molar-refractivity contribution is 0.802. The second kappa shape index (κ2) is 5.59. The Morgan fingerprint density at radius 1 is 1.12 bits per heavy atom. The molecule has 0 aliphatic rings. The van der Waals surface area contributed by atoms with Crippen molar-refractivity contribution in [2.75, 3.05) is 0 Å². The van der Waals surface area contributed by atoms with E-state index in [0.717, 1.165) is 24.8 Å². The van der Waals surface area contributed by atoms with Crippen LogP contribution in [0.5, 0.6) is 0 Å². The van der Waals surface area contributed by atoms with Crippen LogP contribution in [0, 0.1) is 4.77 Å². The molecule has 0 fully saturated rings. The second-order valence-corrected chi connectivity index (χ2v) is 4.34. The minimum Gasteiger partial charge on any atom is -0.338 e. The summed E-state index contributed by atoms with van der Waals surface area (Å²) in [5.74, 6) is 0. The summed E-state index contributed by atoms with van der Waals surface area (Å²) < 4.78 is 0.377. The van der Waals surface area contributed by atoms with Gasteiger partial charge < -0.3 is 4.98 Å². The molecule has 17 heavy (non-hydrogen) atoms. The van der Waals surface area contributed by atoms with Crippen LogP contribution in [0.1, 0.15) is 17.5 Å². The zero-order chi connectivity index (χ0) is 12.1. The number of rotatable bonds is 4. The van der Waals surface area contributed by atoms with Gasteiger partial charge >= 0.3 is 0 Å². The lowest BCUT2D eigenvalue weighted by Gasteiger charge is -2.01. The van der Waals surface area contributed by atoms with Crippen LogP contribution in [0.4, 0.5) is 0 Å². The second-order valence-electron chi connectivity index (χ2n) is 3.94. The van der Waals surface area contributed by atoms with Gasteiger partial charge in [-0.25, -0.2) is 0 Å². The Labute approximate surface area is 105 Å². The highest BCUT2D eigenvalue weighted by atomic mass is 32.1. The third-order valence-corrected chi connectivity index (χ3v) is 2.87. The van der Waals surface area contributed by atoms with Gasteiger partial charge in [0.1, 0.15) is 0 Å². The molecule has 2 aromatic rings. The number of aromatic amines is 2. The summed E-state index contributed by atoms with van der Waals surface area (Å²) in [6.07, 6.45) is 4.40. The molecular formula is C13H14N2OS. The number of nitrogens with one attached hydrogen (secondary N) is 2. The molecule has 1 heterocycles. The largest absolute Gasteiger partial charge is 0.338 e. The zero-order valence-corrected chi connectivity index (χ0v) is 10.2. The molecule has 0 atom stereocenters. The minimum absolute atomic E-state index is 0.0817. The van der Waals surface area contributed by atoms with Crippen LogP contribution in [0.15, 0.2) is 41.3 Å². The maximum atomic E-state index is 11.5. The van der Waals surface area contributed by atoms with Gasteiger partial charge in [0.15, 0.2) is 4.77 Å². The number of H-pyrrole nitrogens is 2. The summed E-state index contributed by atoms with van der Waals surface area (Å²) in [6, 6.07) is 10.3. The van der Waals surface area contributed by atoms with Crippen molar-refractivity contribution in [2.45, 2.75) is 19.3 Å². The average Bonchev–Trinajstić information content (AvgIpc) is 2.33. The van der Waals surface area contributed by atoms with Crippen LogP contribution in [-0.2, 0) is 12.8 Å². The molecule has 1 aromatic heterocycles. The molecule has 2 N–H and O–H groups in total. The van der Waals surface area contributed by atoms with E-state index in [4.69, 9.17) is 12.2 Å². The standard InChI is InChI=1S/C13H14N2OS/c16-12-11(9-14-13(17)15-12)8-4-7-10-5-2-1-3-6-10/h1-3,5-6,9H,4,7-8H2,(H2,14,15,16,17). The summed E-state index contributed by atoms with van der Waals surface area (Å²) in [4.78, 5) is 17.0. The third-order valence-electron chi connectivity index (χ3n) is 2.65. The van der Waals surface area contributed by atoms with Gasteiger partial charge in [0, 0.05) is 11.8 Å². The van der Waals surface area contributed by atoms with E-state index in [1.165, 1.54) is 5.56 Å². The normalized spacial score (nSPS) is 10.4. The Balaban J connectivity index is 1.95. The highest BCUT2D eigenvalue weighted by Gasteiger charge is 1.99. The monoisotopic (exact) mass is 246 g/mol. The highest BCUT2D eigenvalue weighted by Crippen LogP contribution is 2.04. The highest BCUT2D eigenvalue weighted by molar-refractivity contribution is 7.71. The molecule has 0 saturated carbocycles. The topological polar surface area (TPSA) is 48.6 Å². The van der Waals surface area contributed by atoms with Gasteiger partial charge in [-0.3, -0.25) is 9.78 Å². The molecule has 0 aliphatic heterocycles. The first-order valence-corrected chi connectivity index (χ1v) is 6.01. The van der Waals surface area contributed by atoms with E-state index in [0.29, 0.717) is 4.77 Å². The SMILES string of the molecule is O=c1[nH]c(=S)[nH]cc1CCCc1ccccc1. The fraction of sp³-hybridized carbons (Fsp3) is 0.231. The molecule has 0 radical (unpaired) electrons. The van der Waals surface area contributed by atoms with E-state index in [2.05, 4.69) is 22.1 Å². The van der Waals surface area contributed by atoms with Gasteiger partial charge in [-0.2, -0.15) is 0 Å². The molecule has 0 aliphatic carbocycles. The van der Waals surface area contributed by atoms with E-state index in [1.807, 2.05) is 18.2 Å². The lowest BCUT2D eigenvalue weighted by Crippen LogP contribution is -2.13. The van der Waals surface area contributed by atoms with Gasteiger partial charge in [0.2, 0.25) is 0 Å². The van der Waals surface area contributed by atoms with Crippen molar-refractivity contribution in [3.63, 3.8) is 0 Å². The van der Waals surface area contributed by atoms with E-state index < -0.39 is 0 Å². The van der Waals surface area contributed by atoms with Crippen LogP contribution in [0.25, 0.3) is 0 Å². The first kappa shape index (κ1) is 11.8. The molecule has 2 rings (SSSR count). The van der Waals surface area contributed by atoms with E-state index in [-0.39, 0.29) is 5.56 Å². The van der Waals surface area contributed by atoms with Crippen molar-refractivity contribution >= 4 is 12.2 Å². The van der Waals surface area contributed by atoms with Gasteiger partial charge in [-0.05, 0) is 37.0 Å². The molecule has 0 spiro atoms. The van der Waals surface area contributed by atoms with E-state index in [9.17, 15) is 4.79 Å². The smallest absolute Gasteiger partial charge is 0.254 e. The number of hydrogen-bond acceptors (Lipinski definition) is 2. The lowest BCUT2D eigenvalue weighted by atomic mass is 10.1. The predicted molar refractivity (Wildman–Crippen MR) is 70.7 cm³/mol. The fourth-order valence-corrected chi connectivity index (χ4v) is 1.90. The maximum absolute atomic E-state index is 11.5. The summed E-state index contributed by atoms with van der Waals surface area (Å²) >= 11 is 4.84. The molecule has 0 bridgehead atoms. The van der Waals surface area contributed by atoms with Crippen LogP contribution in [0.3, 0.4) is 0 Å². The average molecular weight is 246 g/mol. The van der Waals surface area contributed by atoms with Crippen LogP contribution in [0.2, 0.25) is 0 Å². The number of benzene rings is 1. The van der Waals surface area contributed by atoms with Crippen LogP contribution >= 0.6 is 12.2 Å². The van der Waals surface area contributed by atoms with Crippen molar-refractivity contribution in [3.8, 4) is 0 Å². The van der Waals surface area contributed by atoms with E-state index in [1.54, 1.807) is 6.20 Å². The fourth-order valence-electron chi connectivity index (χ4n) is 1.75. The first-order valence-electron chi connectivity index (χ1n) is 5.60. The summed E-state index contributed by atoms with van der Waals surface area (Å²) in [5.41, 5.74) is 1.98. The van der Waals surface area contributed by atoms with Crippen LogP contribution in [-0.4, -0.2) is 9.97 Å². The van der Waals surface area contributed by atoms with Gasteiger partial charge in [0.25, 0.3) is 5.56 Å². The van der Waals surface area contributed by atoms with E-state index >= 15 is 0 Å². The van der Waals surface area contributed by atoms with Crippen molar-refractivity contribution in [3.05, 3.63) is 62.8 Å². The molecule has 88 valence electrons. The molecule has 4 heteroatoms. The molecule has 1 aromatic carbocycles. The van der Waals surface area contributed by atoms with Crippen LogP contribution < -0.4 is 5.56 Å². The van der Waals surface area contributed by atoms with Gasteiger partial charge in [0.05, 0.1) is 0 Å².